The van der Waals surface area contributed by atoms with Gasteiger partial charge in [0.25, 0.3) is 0 Å². The summed E-state index contributed by atoms with van der Waals surface area (Å²) in [7, 11) is -1.96. The summed E-state index contributed by atoms with van der Waals surface area (Å²) in [5.74, 6) is 1.15. The summed E-state index contributed by atoms with van der Waals surface area (Å²) in [6, 6.07) is 9.57. The van der Waals surface area contributed by atoms with Gasteiger partial charge in [0.1, 0.15) is 11.6 Å². The molecular formula is C27H33F4N3OSSi. The predicted octanol–water partition coefficient (Wildman–Crippen LogP) is 7.84. The number of halogens is 4. The molecule has 2 aromatic carbocycles. The molecule has 4 nitrogen and oxygen atoms in total. The van der Waals surface area contributed by atoms with E-state index in [0.717, 1.165) is 6.07 Å². The number of hydrogen-bond donors (Lipinski definition) is 0. The molecule has 1 aromatic heterocycles. The first-order valence-corrected chi connectivity index (χ1v) is 16.2. The van der Waals surface area contributed by atoms with E-state index in [1.165, 1.54) is 30.3 Å². The van der Waals surface area contributed by atoms with Crippen molar-refractivity contribution >= 4 is 20.1 Å². The molecule has 0 N–H and O–H groups in total. The molecule has 3 aromatic rings. The van der Waals surface area contributed by atoms with Gasteiger partial charge in [0.15, 0.2) is 14.1 Å². The average molecular weight is 552 g/mol. The van der Waals surface area contributed by atoms with Crippen LogP contribution in [0.15, 0.2) is 42.5 Å². The molecule has 1 aliphatic heterocycles. The SMILES string of the molecule is CC1(CO[Si](C)(C)C(C)(C)C)Cc2nnc(-c3ccc(-c4ccc(F)cc4)cc3C(F)(F)F)n2CCS1. The number of fused-ring (bicyclic) bond motifs is 1. The van der Waals surface area contributed by atoms with E-state index in [0.29, 0.717) is 42.3 Å². The third kappa shape index (κ3) is 5.96. The molecule has 37 heavy (non-hydrogen) atoms. The second-order valence-electron chi connectivity index (χ2n) is 11.4. The highest BCUT2D eigenvalue weighted by molar-refractivity contribution is 8.00. The van der Waals surface area contributed by atoms with Crippen LogP contribution >= 0.6 is 11.8 Å². The highest BCUT2D eigenvalue weighted by Gasteiger charge is 2.41. The standard InChI is InChI=1S/C27H33F4N3OSSi/c1-25(2,3)37(5,6)35-17-26(4)16-23-32-33-24(34(23)13-14-36-26)21-12-9-19(15-22(21)27(29,30)31)18-7-10-20(28)11-8-18/h7-12,15H,13-14,16-17H2,1-6H3. The van der Waals surface area contributed by atoms with Crippen molar-refractivity contribution in [2.45, 2.75) is 69.7 Å². The Kier molecular flexibility index (Phi) is 7.42. The summed E-state index contributed by atoms with van der Waals surface area (Å²) in [6.07, 6.45) is -4.04. The van der Waals surface area contributed by atoms with Gasteiger partial charge in [0.05, 0.1) is 5.56 Å². The first-order valence-electron chi connectivity index (χ1n) is 12.3. The van der Waals surface area contributed by atoms with E-state index < -0.39 is 25.9 Å². The number of hydrogen-bond acceptors (Lipinski definition) is 4. The average Bonchev–Trinajstić information content (AvgIpc) is 3.10. The van der Waals surface area contributed by atoms with Gasteiger partial charge in [-0.05, 0) is 60.4 Å². The lowest BCUT2D eigenvalue weighted by Crippen LogP contribution is -2.45. The van der Waals surface area contributed by atoms with E-state index >= 15 is 0 Å². The lowest BCUT2D eigenvalue weighted by molar-refractivity contribution is -0.137. The van der Waals surface area contributed by atoms with E-state index in [-0.39, 0.29) is 21.2 Å². The summed E-state index contributed by atoms with van der Waals surface area (Å²) in [4.78, 5) is 0. The van der Waals surface area contributed by atoms with Gasteiger partial charge in [-0.1, -0.05) is 39.0 Å². The molecule has 200 valence electrons. The lowest BCUT2D eigenvalue weighted by Gasteiger charge is -2.39. The first-order chi connectivity index (χ1) is 17.1. The molecule has 0 amide bonds. The van der Waals surface area contributed by atoms with Gasteiger partial charge in [-0.3, -0.25) is 0 Å². The molecular weight excluding hydrogens is 518 g/mol. The fraction of sp³-hybridized carbons (Fsp3) is 0.481. The Balaban J connectivity index is 1.67. The maximum absolute atomic E-state index is 14.2. The van der Waals surface area contributed by atoms with Crippen molar-refractivity contribution in [2.75, 3.05) is 12.4 Å². The third-order valence-electron chi connectivity index (χ3n) is 7.41. The topological polar surface area (TPSA) is 39.9 Å². The van der Waals surface area contributed by atoms with Crippen LogP contribution in [0.5, 0.6) is 0 Å². The highest BCUT2D eigenvalue weighted by Crippen LogP contribution is 2.42. The summed E-state index contributed by atoms with van der Waals surface area (Å²) >= 11 is 1.77. The van der Waals surface area contributed by atoms with Gasteiger partial charge in [-0.2, -0.15) is 24.9 Å². The molecule has 2 heterocycles. The Morgan fingerprint density at radius 3 is 2.30 bits per heavy atom. The fourth-order valence-electron chi connectivity index (χ4n) is 4.11. The Hall–Kier alpha value is -2.17. The van der Waals surface area contributed by atoms with Gasteiger partial charge < -0.3 is 8.99 Å². The molecule has 0 fully saturated rings. The van der Waals surface area contributed by atoms with Gasteiger partial charge >= 0.3 is 6.18 Å². The van der Waals surface area contributed by atoms with Crippen LogP contribution in [0.25, 0.3) is 22.5 Å². The molecule has 10 heteroatoms. The fourth-order valence-corrected chi connectivity index (χ4v) is 6.46. The predicted molar refractivity (Wildman–Crippen MR) is 144 cm³/mol. The number of nitrogens with zero attached hydrogens (tertiary/aromatic N) is 3. The van der Waals surface area contributed by atoms with Crippen molar-refractivity contribution < 1.29 is 22.0 Å². The molecule has 1 unspecified atom stereocenters. The van der Waals surface area contributed by atoms with Crippen LogP contribution in [0.4, 0.5) is 17.6 Å². The Bertz CT molecular complexity index is 1270. The first kappa shape index (κ1) is 27.9. The zero-order chi connectivity index (χ0) is 27.2. The minimum Gasteiger partial charge on any atom is -0.415 e. The molecule has 0 radical (unpaired) electrons. The number of rotatable bonds is 5. The Labute approximate surface area is 221 Å². The van der Waals surface area contributed by atoms with Crippen molar-refractivity contribution in [3.05, 3.63) is 59.7 Å². The van der Waals surface area contributed by atoms with Crippen LogP contribution in [0, 0.1) is 5.82 Å². The van der Waals surface area contributed by atoms with Gasteiger partial charge in [0, 0.05) is 35.6 Å². The molecule has 0 saturated heterocycles. The Morgan fingerprint density at radius 1 is 1.03 bits per heavy atom. The maximum atomic E-state index is 14.2. The minimum atomic E-state index is -4.59. The normalized spacial score (nSPS) is 19.0. The van der Waals surface area contributed by atoms with Crippen LogP contribution in [-0.2, 0) is 23.6 Å². The van der Waals surface area contributed by atoms with Gasteiger partial charge in [0.2, 0.25) is 0 Å². The highest BCUT2D eigenvalue weighted by atomic mass is 32.2. The third-order valence-corrected chi connectivity index (χ3v) is 13.2. The molecule has 1 atom stereocenters. The summed E-state index contributed by atoms with van der Waals surface area (Å²) < 4.78 is 64.0. The second-order valence-corrected chi connectivity index (χ2v) is 17.9. The van der Waals surface area contributed by atoms with Crippen molar-refractivity contribution in [1.29, 1.82) is 0 Å². The van der Waals surface area contributed by atoms with Crippen LogP contribution in [-0.4, -0.2) is 40.2 Å². The van der Waals surface area contributed by atoms with Crippen molar-refractivity contribution in [3.8, 4) is 22.5 Å². The molecule has 4 rings (SSSR count). The van der Waals surface area contributed by atoms with Crippen LogP contribution in [0.1, 0.15) is 39.1 Å². The van der Waals surface area contributed by atoms with Gasteiger partial charge in [-0.15, -0.1) is 10.2 Å². The summed E-state index contributed by atoms with van der Waals surface area (Å²) in [5.41, 5.74) is 0.0682. The number of thioether (sulfide) groups is 1. The number of alkyl halides is 3. The zero-order valence-electron chi connectivity index (χ0n) is 22.0. The largest absolute Gasteiger partial charge is 0.417 e. The number of aromatic nitrogens is 3. The molecule has 0 spiro atoms. The quantitative estimate of drug-likeness (QED) is 0.239. The van der Waals surface area contributed by atoms with Crippen LogP contribution in [0.2, 0.25) is 18.1 Å². The van der Waals surface area contributed by atoms with Crippen molar-refractivity contribution in [3.63, 3.8) is 0 Å². The monoisotopic (exact) mass is 551 g/mol. The summed E-state index contributed by atoms with van der Waals surface area (Å²) in [5, 5.41) is 8.66. The van der Waals surface area contributed by atoms with E-state index in [9.17, 15) is 17.6 Å². The summed E-state index contributed by atoms with van der Waals surface area (Å²) in [6.45, 7) is 14.2. The van der Waals surface area contributed by atoms with E-state index in [1.807, 2.05) is 4.57 Å². The Morgan fingerprint density at radius 2 is 1.68 bits per heavy atom. The number of benzene rings is 2. The molecule has 0 aliphatic carbocycles. The van der Waals surface area contributed by atoms with E-state index in [4.69, 9.17) is 4.43 Å². The van der Waals surface area contributed by atoms with Gasteiger partial charge in [-0.25, -0.2) is 4.39 Å². The van der Waals surface area contributed by atoms with E-state index in [1.54, 1.807) is 17.8 Å². The van der Waals surface area contributed by atoms with Crippen LogP contribution < -0.4 is 0 Å². The van der Waals surface area contributed by atoms with Crippen LogP contribution in [0.3, 0.4) is 0 Å². The minimum absolute atomic E-state index is 0.0109. The molecule has 0 saturated carbocycles. The van der Waals surface area contributed by atoms with Crippen molar-refractivity contribution in [2.24, 2.45) is 0 Å². The van der Waals surface area contributed by atoms with E-state index in [2.05, 4.69) is 51.0 Å². The lowest BCUT2D eigenvalue weighted by atomic mass is 9.98. The zero-order valence-corrected chi connectivity index (χ0v) is 23.9. The van der Waals surface area contributed by atoms with Crippen molar-refractivity contribution in [1.82, 2.24) is 14.8 Å². The molecule has 1 aliphatic rings. The maximum Gasteiger partial charge on any atom is 0.417 e. The second kappa shape index (κ2) is 9.85. The smallest absolute Gasteiger partial charge is 0.415 e. The molecule has 0 bridgehead atoms.